The molecule has 266 valence electrons. The van der Waals surface area contributed by atoms with Crippen molar-refractivity contribution >= 4 is 60.0 Å². The monoisotopic (exact) mass is 701 g/mol. The molecule has 1 aliphatic heterocycles. The minimum Gasteiger partial charge on any atom is -0.480 e. The molecule has 0 aromatic heterocycles. The van der Waals surface area contributed by atoms with Gasteiger partial charge in [0.25, 0.3) is 5.91 Å². The van der Waals surface area contributed by atoms with E-state index < -0.39 is 90.5 Å². The highest BCUT2D eigenvalue weighted by molar-refractivity contribution is 7.80. The molecule has 0 saturated carbocycles. The summed E-state index contributed by atoms with van der Waals surface area (Å²) in [5.74, 6) is -2.07. The average Bonchev–Trinajstić information content (AvgIpc) is 3.05. The van der Waals surface area contributed by atoms with Gasteiger partial charge in [-0.25, -0.2) is 4.79 Å². The lowest BCUT2D eigenvalue weighted by Gasteiger charge is -2.26. The van der Waals surface area contributed by atoms with Crippen LogP contribution in [0.4, 0.5) is 0 Å². The number of carboxylic acids is 1. The molecule has 1 aliphatic rings. The third-order valence-electron chi connectivity index (χ3n) is 7.08. The molecule has 5 atom stereocenters. The molecule has 49 heavy (non-hydrogen) atoms. The first-order valence-corrected chi connectivity index (χ1v) is 16.1. The molecule has 17 nitrogen and oxygen atoms in total. The molecule has 1 saturated heterocycles. The normalized spacial score (nSPS) is 21.1. The molecule has 6 amide bonds. The fraction of sp³-hybridized carbons (Fsp3) is 0.484. The van der Waals surface area contributed by atoms with Gasteiger partial charge in [0.1, 0.15) is 24.2 Å². The lowest BCUT2D eigenvalue weighted by molar-refractivity contribution is -0.141. The van der Waals surface area contributed by atoms with Gasteiger partial charge >= 0.3 is 5.97 Å². The maximum atomic E-state index is 13.6. The van der Waals surface area contributed by atoms with Crippen molar-refractivity contribution in [2.75, 3.05) is 18.8 Å². The van der Waals surface area contributed by atoms with Gasteiger partial charge in [-0.15, -0.1) is 0 Å². The molecule has 1 fully saturated rings. The highest BCUT2D eigenvalue weighted by atomic mass is 32.1. The van der Waals surface area contributed by atoms with Crippen LogP contribution in [0.1, 0.15) is 38.7 Å². The zero-order valence-electron chi connectivity index (χ0n) is 27.1. The van der Waals surface area contributed by atoms with E-state index in [0.717, 1.165) is 5.56 Å². The van der Waals surface area contributed by atoms with E-state index in [-0.39, 0.29) is 37.5 Å². The Morgan fingerprint density at radius 1 is 1.00 bits per heavy atom. The zero-order chi connectivity index (χ0) is 36.5. The molecule has 0 unspecified atom stereocenters. The third-order valence-corrected chi connectivity index (χ3v) is 7.44. The molecule has 18 heteroatoms. The van der Waals surface area contributed by atoms with E-state index in [9.17, 15) is 38.7 Å². The van der Waals surface area contributed by atoms with Crippen molar-refractivity contribution in [2.24, 2.45) is 11.7 Å². The molecular weight excluding hydrogens is 658 g/mol. The molecule has 0 bridgehead atoms. The molecule has 0 aliphatic carbocycles. The maximum absolute atomic E-state index is 13.6. The van der Waals surface area contributed by atoms with Gasteiger partial charge < -0.3 is 48.1 Å². The summed E-state index contributed by atoms with van der Waals surface area (Å²) in [4.78, 5) is 90.8. The summed E-state index contributed by atoms with van der Waals surface area (Å²) in [5.41, 5.74) is 6.13. The van der Waals surface area contributed by atoms with Crippen molar-refractivity contribution in [1.82, 2.24) is 37.2 Å². The minimum atomic E-state index is -1.63. The van der Waals surface area contributed by atoms with Crippen LogP contribution in [0.25, 0.3) is 0 Å². The van der Waals surface area contributed by atoms with E-state index in [1.807, 2.05) is 18.2 Å². The Balaban J connectivity index is 2.48. The summed E-state index contributed by atoms with van der Waals surface area (Å²) < 4.78 is 0. The quantitative estimate of drug-likeness (QED) is 0.0369. The maximum Gasteiger partial charge on any atom is 0.327 e. The topological polar surface area (TPSA) is 274 Å². The van der Waals surface area contributed by atoms with Crippen LogP contribution in [0.5, 0.6) is 0 Å². The van der Waals surface area contributed by atoms with Gasteiger partial charge in [-0.1, -0.05) is 56.0 Å². The van der Waals surface area contributed by atoms with Crippen LogP contribution < -0.4 is 43.0 Å². The number of aliphatic carboxylic acids is 1. The van der Waals surface area contributed by atoms with Crippen LogP contribution in [0.15, 0.2) is 30.3 Å². The zero-order valence-corrected chi connectivity index (χ0v) is 28.0. The number of thiol groups is 1. The van der Waals surface area contributed by atoms with E-state index in [0.29, 0.717) is 0 Å². The largest absolute Gasteiger partial charge is 0.480 e. The molecule has 1 aromatic rings. The number of nitrogens with two attached hydrogens (primary N) is 1. The number of benzene rings is 1. The van der Waals surface area contributed by atoms with Crippen molar-refractivity contribution in [1.29, 1.82) is 5.41 Å². The van der Waals surface area contributed by atoms with Gasteiger partial charge in [-0.05, 0) is 24.3 Å². The summed E-state index contributed by atoms with van der Waals surface area (Å²) in [7, 11) is 0. The Bertz CT molecular complexity index is 1450. The molecule has 11 N–H and O–H groups in total. The smallest absolute Gasteiger partial charge is 0.327 e. The summed E-state index contributed by atoms with van der Waals surface area (Å²) in [5, 5.41) is 33.7. The highest BCUT2D eigenvalue weighted by Gasteiger charge is 2.34. The highest BCUT2D eigenvalue weighted by Crippen LogP contribution is 2.07. The second-order valence-corrected chi connectivity index (χ2v) is 11.7. The van der Waals surface area contributed by atoms with Gasteiger partial charge in [0.15, 0.2) is 12.0 Å². The Hall–Kier alpha value is -5.31. The van der Waals surface area contributed by atoms with Crippen LogP contribution in [-0.4, -0.2) is 102 Å². The van der Waals surface area contributed by atoms with E-state index in [1.54, 1.807) is 26.0 Å². The molecule has 1 aromatic carbocycles. The Morgan fingerprint density at radius 3 is 2.31 bits per heavy atom. The first-order valence-electron chi connectivity index (χ1n) is 15.4. The fourth-order valence-corrected chi connectivity index (χ4v) is 4.71. The standard InChI is InChI=1S/C31H43N9O8S/c1-17(2)25-29(46)39-19(12-7-13-34-31(32)33)26(43)35-15-24(42)36-21(14-23(41)37-22(16-49)30(47)48)28(45)38-20(27(44)40-25)11-6-10-18-8-4-3-5-9-18/h3-5,8-9,17,19-22,25,49H,7,10,12-16H2,1-2H3,(H,35,43)(H,36,42)(H,37,41)(H,38,45)(H,39,46)(H,40,44)(H,47,48)(H4,32,33,34)/t19-,20+,21-,22+,25-/m0/s1. The van der Waals surface area contributed by atoms with Gasteiger partial charge in [0.2, 0.25) is 29.5 Å². The van der Waals surface area contributed by atoms with Gasteiger partial charge in [-0.2, -0.15) is 12.6 Å². The van der Waals surface area contributed by atoms with E-state index in [4.69, 9.17) is 11.1 Å². The second kappa shape index (κ2) is 20.1. The number of guanidine groups is 1. The Labute approximate surface area is 289 Å². The molecule has 1 heterocycles. The average molecular weight is 702 g/mol. The van der Waals surface area contributed by atoms with Crippen LogP contribution >= 0.6 is 12.6 Å². The number of carbonyl (C=O) groups is 7. The molecular formula is C31H43N9O8S. The number of hydrogen-bond acceptors (Lipinski definition) is 9. The molecule has 0 radical (unpaired) electrons. The van der Waals surface area contributed by atoms with Crippen LogP contribution in [0.3, 0.4) is 0 Å². The van der Waals surface area contributed by atoms with Crippen molar-refractivity contribution < 1.29 is 38.7 Å². The first-order chi connectivity index (χ1) is 23.2. The van der Waals surface area contributed by atoms with Crippen LogP contribution in [-0.2, 0) is 40.0 Å². The van der Waals surface area contributed by atoms with Gasteiger partial charge in [-0.3, -0.25) is 34.2 Å². The number of rotatable bonds is 11. The summed E-state index contributed by atoms with van der Waals surface area (Å²) in [6.07, 6.45) is -0.202. The lowest BCUT2D eigenvalue weighted by atomic mass is 10.0. The van der Waals surface area contributed by atoms with Crippen molar-refractivity contribution in [3.63, 3.8) is 0 Å². The number of carboxylic acid groups (broad SMARTS) is 1. The van der Waals surface area contributed by atoms with Crippen molar-refractivity contribution in [2.45, 2.75) is 69.7 Å². The Kier molecular flexibility index (Phi) is 16.4. The molecule has 0 spiro atoms. The summed E-state index contributed by atoms with van der Waals surface area (Å²) >= 11 is 3.90. The number of hydrogen-bond donors (Lipinski definition) is 11. The minimum absolute atomic E-state index is 0.0601. The first kappa shape index (κ1) is 39.9. The van der Waals surface area contributed by atoms with Gasteiger partial charge in [0.05, 0.1) is 13.0 Å². The number of amides is 6. The van der Waals surface area contributed by atoms with Gasteiger partial charge in [0, 0.05) is 18.7 Å². The van der Waals surface area contributed by atoms with Crippen molar-refractivity contribution in [3.8, 4) is 11.8 Å². The fourth-order valence-electron chi connectivity index (χ4n) is 4.46. The SMILES string of the molecule is CC(C)[C@@H]1NC(=O)[C@@H](C#CCc2ccccc2)NC(=O)[C@H](CC(=O)N[C@H](CS)C(=O)O)NC(=O)CNC(=O)[C@H](CCCNC(=N)N)NC1=O. The summed E-state index contributed by atoms with van der Waals surface area (Å²) in [6, 6.07) is 2.10. The van der Waals surface area contributed by atoms with Crippen molar-refractivity contribution in [3.05, 3.63) is 35.9 Å². The van der Waals surface area contributed by atoms with E-state index in [2.05, 4.69) is 61.7 Å². The predicted molar refractivity (Wildman–Crippen MR) is 181 cm³/mol. The van der Waals surface area contributed by atoms with Crippen LogP contribution in [0.2, 0.25) is 0 Å². The third kappa shape index (κ3) is 14.1. The van der Waals surface area contributed by atoms with E-state index in [1.165, 1.54) is 0 Å². The predicted octanol–water partition coefficient (Wildman–Crippen LogP) is -2.89. The van der Waals surface area contributed by atoms with Crippen LogP contribution in [0, 0.1) is 23.2 Å². The number of carbonyl (C=O) groups excluding carboxylic acids is 6. The summed E-state index contributed by atoms with van der Waals surface area (Å²) in [6.45, 7) is 2.86. The number of nitrogens with one attached hydrogen (secondary N) is 8. The Morgan fingerprint density at radius 2 is 1.69 bits per heavy atom. The second-order valence-electron chi connectivity index (χ2n) is 11.4. The molecule has 2 rings (SSSR count). The lowest BCUT2D eigenvalue weighted by Crippen LogP contribution is -2.59. The van der Waals surface area contributed by atoms with E-state index >= 15 is 0 Å².